The molecule has 6 nitrogen and oxygen atoms in total. The van der Waals surface area contributed by atoms with E-state index in [-0.39, 0.29) is 0 Å². The molecule has 0 bridgehead atoms. The van der Waals surface area contributed by atoms with Gasteiger partial charge in [0.05, 0.1) is 7.11 Å². The lowest BCUT2D eigenvalue weighted by Gasteiger charge is -2.13. The van der Waals surface area contributed by atoms with Crippen LogP contribution in [0.1, 0.15) is 0 Å². The Labute approximate surface area is 170 Å². The van der Waals surface area contributed by atoms with E-state index >= 15 is 0 Å². The van der Waals surface area contributed by atoms with E-state index in [1.54, 1.807) is 31.6 Å². The average Bonchev–Trinajstić information content (AvgIpc) is 3.23. The molecule has 0 saturated heterocycles. The second kappa shape index (κ2) is 8.24. The van der Waals surface area contributed by atoms with Crippen LogP contribution in [-0.2, 0) is 0 Å². The van der Waals surface area contributed by atoms with Gasteiger partial charge in [0.1, 0.15) is 16.5 Å². The number of rotatable bonds is 6. The fourth-order valence-corrected chi connectivity index (χ4v) is 3.30. The van der Waals surface area contributed by atoms with Crippen molar-refractivity contribution < 1.29 is 9.47 Å². The molecule has 0 aliphatic heterocycles. The largest absolute Gasteiger partial charge is 0.493 e. The number of nitrogens with zero attached hydrogens (tertiary/aromatic N) is 3. The third-order valence-electron chi connectivity index (χ3n) is 3.75. The Kier molecular flexibility index (Phi) is 5.36. The third-order valence-corrected chi connectivity index (χ3v) is 4.78. The molecule has 8 heteroatoms. The van der Waals surface area contributed by atoms with Gasteiger partial charge in [-0.05, 0) is 36.4 Å². The Morgan fingerprint density at radius 3 is 2.71 bits per heavy atom. The molecule has 1 N–H and O–H groups in total. The number of anilines is 2. The predicted molar refractivity (Wildman–Crippen MR) is 111 cm³/mol. The quantitative estimate of drug-likeness (QED) is 0.433. The van der Waals surface area contributed by atoms with E-state index in [1.165, 1.54) is 11.3 Å². The van der Waals surface area contributed by atoms with E-state index in [9.17, 15) is 0 Å². The minimum Gasteiger partial charge on any atom is -0.493 e. The van der Waals surface area contributed by atoms with Gasteiger partial charge in [-0.2, -0.15) is 0 Å². The zero-order chi connectivity index (χ0) is 19.3. The number of ether oxygens (including phenoxy) is 2. The summed E-state index contributed by atoms with van der Waals surface area (Å²) in [5, 5.41) is 6.53. The molecule has 0 radical (unpaired) electrons. The van der Waals surface area contributed by atoms with Gasteiger partial charge in [-0.25, -0.2) is 15.0 Å². The molecule has 0 unspecified atom stereocenters. The summed E-state index contributed by atoms with van der Waals surface area (Å²) in [4.78, 5) is 13.1. The number of hydrogen-bond donors (Lipinski definition) is 1. The maximum atomic E-state index is 6.04. The van der Waals surface area contributed by atoms with Crippen LogP contribution in [0.15, 0.2) is 66.3 Å². The molecular formula is C20H15ClN4O2S. The van der Waals surface area contributed by atoms with Crippen LogP contribution >= 0.6 is 22.9 Å². The van der Waals surface area contributed by atoms with Crippen LogP contribution < -0.4 is 14.8 Å². The predicted octanol–water partition coefficient (Wildman–Crippen LogP) is 5.80. The molecule has 0 aliphatic carbocycles. The molecule has 0 aliphatic rings. The summed E-state index contributed by atoms with van der Waals surface area (Å²) < 4.78 is 11.3. The van der Waals surface area contributed by atoms with E-state index < -0.39 is 0 Å². The van der Waals surface area contributed by atoms with Gasteiger partial charge in [-0.3, -0.25) is 0 Å². The summed E-state index contributed by atoms with van der Waals surface area (Å²) in [5.41, 5.74) is 1.52. The summed E-state index contributed by atoms with van der Waals surface area (Å²) in [6.45, 7) is 0. The van der Waals surface area contributed by atoms with Crippen molar-refractivity contribution in [3.8, 4) is 28.0 Å². The van der Waals surface area contributed by atoms with Crippen LogP contribution in [0.3, 0.4) is 0 Å². The highest BCUT2D eigenvalue weighted by molar-refractivity contribution is 7.13. The molecule has 28 heavy (non-hydrogen) atoms. The molecule has 4 rings (SSSR count). The normalized spacial score (nSPS) is 10.5. The van der Waals surface area contributed by atoms with E-state index in [0.29, 0.717) is 28.2 Å². The number of methoxy groups -OCH3 is 1. The molecule has 0 fully saturated rings. The molecule has 2 aromatic heterocycles. The van der Waals surface area contributed by atoms with Gasteiger partial charge in [-0.1, -0.05) is 17.7 Å². The lowest BCUT2D eigenvalue weighted by Crippen LogP contribution is -1.99. The summed E-state index contributed by atoms with van der Waals surface area (Å²) >= 11 is 7.56. The fourth-order valence-electron chi connectivity index (χ4n) is 2.51. The molecule has 0 saturated carbocycles. The second-order valence-electron chi connectivity index (χ2n) is 5.65. The molecule has 0 spiro atoms. The molecule has 2 heterocycles. The van der Waals surface area contributed by atoms with Crippen molar-refractivity contribution in [1.29, 1.82) is 0 Å². The zero-order valence-electron chi connectivity index (χ0n) is 14.8. The van der Waals surface area contributed by atoms with Crippen molar-refractivity contribution >= 4 is 34.6 Å². The van der Waals surface area contributed by atoms with Crippen molar-refractivity contribution in [3.63, 3.8) is 0 Å². The van der Waals surface area contributed by atoms with E-state index in [0.717, 1.165) is 16.4 Å². The van der Waals surface area contributed by atoms with Crippen LogP contribution in [-0.4, -0.2) is 22.1 Å². The minimum absolute atomic E-state index is 0.464. The highest BCUT2D eigenvalue weighted by Crippen LogP contribution is 2.35. The lowest BCUT2D eigenvalue weighted by molar-refractivity contribution is 0.379. The van der Waals surface area contributed by atoms with Crippen molar-refractivity contribution in [2.45, 2.75) is 0 Å². The number of nitrogens with one attached hydrogen (secondary N) is 1. The van der Waals surface area contributed by atoms with Gasteiger partial charge in [0.15, 0.2) is 11.5 Å². The number of benzene rings is 2. The molecule has 0 amide bonds. The number of hydrogen-bond acceptors (Lipinski definition) is 7. The first-order valence-corrected chi connectivity index (χ1v) is 9.58. The van der Waals surface area contributed by atoms with Crippen molar-refractivity contribution in [2.75, 3.05) is 12.4 Å². The van der Waals surface area contributed by atoms with Crippen molar-refractivity contribution in [3.05, 3.63) is 71.3 Å². The van der Waals surface area contributed by atoms with Crippen LogP contribution in [0.2, 0.25) is 5.02 Å². The third kappa shape index (κ3) is 4.21. The van der Waals surface area contributed by atoms with Crippen LogP contribution in [0.25, 0.3) is 10.7 Å². The first-order valence-electron chi connectivity index (χ1n) is 8.32. The van der Waals surface area contributed by atoms with Crippen molar-refractivity contribution in [2.24, 2.45) is 0 Å². The number of aromatic nitrogens is 3. The Hall–Kier alpha value is -3.16. The standard InChI is InChI=1S/C20H15ClN4O2S/c1-26-17-6-5-14(12-18(17)27-15-4-2-3-13(21)11-15)24-20-23-8-7-16(25-20)19-22-9-10-28-19/h2-12H,1H3,(H,23,24,25). The summed E-state index contributed by atoms with van der Waals surface area (Å²) in [7, 11) is 1.59. The zero-order valence-corrected chi connectivity index (χ0v) is 16.4. The highest BCUT2D eigenvalue weighted by atomic mass is 35.5. The van der Waals surface area contributed by atoms with Gasteiger partial charge >= 0.3 is 0 Å². The molecule has 140 valence electrons. The highest BCUT2D eigenvalue weighted by Gasteiger charge is 2.10. The second-order valence-corrected chi connectivity index (χ2v) is 6.98. The number of thiazole rings is 1. The summed E-state index contributed by atoms with van der Waals surface area (Å²) in [6, 6.07) is 14.5. The van der Waals surface area contributed by atoms with Crippen LogP contribution in [0.4, 0.5) is 11.6 Å². The maximum absolute atomic E-state index is 6.04. The smallest absolute Gasteiger partial charge is 0.227 e. The molecular weight excluding hydrogens is 396 g/mol. The summed E-state index contributed by atoms with van der Waals surface area (Å²) in [5.74, 6) is 2.23. The number of halogens is 1. The van der Waals surface area contributed by atoms with E-state index in [4.69, 9.17) is 21.1 Å². The Morgan fingerprint density at radius 2 is 1.93 bits per heavy atom. The van der Waals surface area contributed by atoms with Gasteiger partial charge in [-0.15, -0.1) is 11.3 Å². The SMILES string of the molecule is COc1ccc(Nc2nccc(-c3nccs3)n2)cc1Oc1cccc(Cl)c1. The van der Waals surface area contributed by atoms with Crippen LogP contribution in [0, 0.1) is 0 Å². The Bertz CT molecular complexity index is 1090. The Balaban J connectivity index is 1.59. The first-order chi connectivity index (χ1) is 13.7. The van der Waals surface area contributed by atoms with Crippen molar-refractivity contribution in [1.82, 2.24) is 15.0 Å². The molecule has 2 aromatic carbocycles. The topological polar surface area (TPSA) is 69.2 Å². The maximum Gasteiger partial charge on any atom is 0.227 e. The molecule has 4 aromatic rings. The lowest BCUT2D eigenvalue weighted by atomic mass is 10.2. The summed E-state index contributed by atoms with van der Waals surface area (Å²) in [6.07, 6.45) is 3.44. The van der Waals surface area contributed by atoms with Crippen LogP contribution in [0.5, 0.6) is 17.2 Å². The molecule has 0 atom stereocenters. The monoisotopic (exact) mass is 410 g/mol. The van der Waals surface area contributed by atoms with Gasteiger partial charge in [0, 0.05) is 34.6 Å². The van der Waals surface area contributed by atoms with Gasteiger partial charge in [0.25, 0.3) is 0 Å². The first kappa shape index (κ1) is 18.2. The van der Waals surface area contributed by atoms with E-state index in [2.05, 4.69) is 20.3 Å². The van der Waals surface area contributed by atoms with Gasteiger partial charge in [0.2, 0.25) is 5.95 Å². The van der Waals surface area contributed by atoms with E-state index in [1.807, 2.05) is 41.8 Å². The Morgan fingerprint density at radius 1 is 1.00 bits per heavy atom. The fraction of sp³-hybridized carbons (Fsp3) is 0.0500. The average molecular weight is 411 g/mol. The minimum atomic E-state index is 0.464. The van der Waals surface area contributed by atoms with Gasteiger partial charge < -0.3 is 14.8 Å².